The molecule has 0 saturated carbocycles. The Morgan fingerprint density at radius 1 is 0.254 bits per heavy atom. The van der Waals surface area contributed by atoms with E-state index in [9.17, 15) is 0 Å². The molecular formula is C60H43NSSi. The van der Waals surface area contributed by atoms with Gasteiger partial charge < -0.3 is 4.90 Å². The van der Waals surface area contributed by atoms with Gasteiger partial charge in [-0.05, 0) is 96.6 Å². The van der Waals surface area contributed by atoms with Gasteiger partial charge in [0.15, 0.2) is 8.07 Å². The fraction of sp³-hybridized carbons (Fsp3) is 0. The molecule has 1 aromatic heterocycles. The molecule has 0 spiro atoms. The second-order valence-electron chi connectivity index (χ2n) is 16.1. The number of benzene rings is 10. The van der Waals surface area contributed by atoms with Crippen molar-refractivity contribution in [3.05, 3.63) is 261 Å². The van der Waals surface area contributed by atoms with Crippen molar-refractivity contribution in [2.45, 2.75) is 0 Å². The molecule has 0 amide bonds. The lowest BCUT2D eigenvalue weighted by atomic mass is 10.0. The van der Waals surface area contributed by atoms with E-state index < -0.39 is 8.07 Å². The minimum atomic E-state index is -2.67. The SMILES string of the molecule is c1ccc(-c2ccc(N(c3ccc(-c4cccc([Si](c5ccccc5)(c5ccccc5)c5ccccc5)c4)cc3)c3ccc4c(c3)sc3cc(-c5ccccc5)ccc34)cc2)cc1. The predicted molar refractivity (Wildman–Crippen MR) is 274 cm³/mol. The highest BCUT2D eigenvalue weighted by Crippen LogP contribution is 2.42. The fourth-order valence-corrected chi connectivity index (χ4v) is 15.4. The maximum absolute atomic E-state index is 2.67. The van der Waals surface area contributed by atoms with Gasteiger partial charge in [0, 0.05) is 37.2 Å². The quantitative estimate of drug-likeness (QED) is 0.0980. The van der Waals surface area contributed by atoms with E-state index in [0.29, 0.717) is 0 Å². The normalized spacial score (nSPS) is 11.5. The largest absolute Gasteiger partial charge is 0.310 e. The van der Waals surface area contributed by atoms with Crippen molar-refractivity contribution in [2.75, 3.05) is 4.90 Å². The Hall–Kier alpha value is -7.56. The topological polar surface area (TPSA) is 3.24 Å². The highest BCUT2D eigenvalue weighted by Gasteiger charge is 2.41. The van der Waals surface area contributed by atoms with Crippen LogP contribution in [0.5, 0.6) is 0 Å². The lowest BCUT2D eigenvalue weighted by Gasteiger charge is -2.34. The molecule has 10 aromatic carbocycles. The number of anilines is 3. The van der Waals surface area contributed by atoms with Crippen molar-refractivity contribution in [2.24, 2.45) is 0 Å². The molecular weight excluding hydrogens is 795 g/mol. The van der Waals surface area contributed by atoms with Crippen molar-refractivity contribution in [1.82, 2.24) is 0 Å². The zero-order chi connectivity index (χ0) is 42.0. The van der Waals surface area contributed by atoms with Crippen LogP contribution in [0.25, 0.3) is 53.6 Å². The van der Waals surface area contributed by atoms with Crippen molar-refractivity contribution in [1.29, 1.82) is 0 Å². The van der Waals surface area contributed by atoms with E-state index in [1.807, 2.05) is 11.3 Å². The van der Waals surface area contributed by atoms with Gasteiger partial charge in [-0.2, -0.15) is 0 Å². The monoisotopic (exact) mass is 837 g/mol. The molecule has 63 heavy (non-hydrogen) atoms. The summed E-state index contributed by atoms with van der Waals surface area (Å²) in [5.41, 5.74) is 10.6. The number of nitrogens with zero attached hydrogens (tertiary/aromatic N) is 1. The summed E-state index contributed by atoms with van der Waals surface area (Å²) in [6.45, 7) is 0. The molecule has 0 saturated heterocycles. The van der Waals surface area contributed by atoms with E-state index in [2.05, 4.69) is 266 Å². The summed E-state index contributed by atoms with van der Waals surface area (Å²) in [6, 6.07) is 96.0. The lowest BCUT2D eigenvalue weighted by Crippen LogP contribution is -2.74. The van der Waals surface area contributed by atoms with E-state index >= 15 is 0 Å². The maximum atomic E-state index is 2.45. The second-order valence-corrected chi connectivity index (χ2v) is 21.0. The molecule has 1 heterocycles. The van der Waals surface area contributed by atoms with Crippen LogP contribution in [0, 0.1) is 0 Å². The highest BCUT2D eigenvalue weighted by atomic mass is 32.1. The summed E-state index contributed by atoms with van der Waals surface area (Å²) in [5.74, 6) is 0. The third-order valence-electron chi connectivity index (χ3n) is 12.4. The first-order valence-corrected chi connectivity index (χ1v) is 24.4. The van der Waals surface area contributed by atoms with Crippen LogP contribution in [0.3, 0.4) is 0 Å². The molecule has 0 atom stereocenters. The summed E-state index contributed by atoms with van der Waals surface area (Å²) in [7, 11) is -2.67. The summed E-state index contributed by atoms with van der Waals surface area (Å²) in [6.07, 6.45) is 0. The molecule has 0 aliphatic carbocycles. The van der Waals surface area contributed by atoms with E-state index in [-0.39, 0.29) is 0 Å². The second kappa shape index (κ2) is 16.7. The first-order valence-electron chi connectivity index (χ1n) is 21.6. The van der Waals surface area contributed by atoms with Crippen LogP contribution in [0.1, 0.15) is 0 Å². The maximum Gasteiger partial charge on any atom is 0.179 e. The molecule has 3 heteroatoms. The highest BCUT2D eigenvalue weighted by molar-refractivity contribution is 7.26. The van der Waals surface area contributed by atoms with E-state index in [4.69, 9.17) is 0 Å². The first kappa shape index (κ1) is 38.4. The smallest absolute Gasteiger partial charge is 0.179 e. The summed E-state index contributed by atoms with van der Waals surface area (Å²) in [5, 5.41) is 8.06. The molecule has 0 aliphatic rings. The molecule has 0 fully saturated rings. The molecule has 0 bridgehead atoms. The van der Waals surface area contributed by atoms with Crippen molar-refractivity contribution >= 4 is 77.4 Å². The molecule has 0 unspecified atom stereocenters. The third kappa shape index (κ3) is 7.17. The van der Waals surface area contributed by atoms with Crippen LogP contribution in [0.4, 0.5) is 17.1 Å². The van der Waals surface area contributed by atoms with Gasteiger partial charge in [0.25, 0.3) is 0 Å². The molecule has 0 radical (unpaired) electrons. The average Bonchev–Trinajstić information content (AvgIpc) is 3.74. The van der Waals surface area contributed by atoms with Crippen LogP contribution in [0.15, 0.2) is 261 Å². The lowest BCUT2D eigenvalue weighted by molar-refractivity contribution is 1.29. The first-order chi connectivity index (χ1) is 31.2. The van der Waals surface area contributed by atoms with Crippen LogP contribution in [-0.2, 0) is 0 Å². The van der Waals surface area contributed by atoms with Crippen LogP contribution in [0.2, 0.25) is 0 Å². The van der Waals surface area contributed by atoms with Crippen LogP contribution in [-0.4, -0.2) is 8.07 Å². The predicted octanol–water partition coefficient (Wildman–Crippen LogP) is 13.9. The Morgan fingerprint density at radius 3 is 1.13 bits per heavy atom. The standard InChI is InChI=1S/C60H43NSSi/c1-6-17-44(18-7-1)46-29-34-50(35-30-46)61(52-38-40-58-57-39-33-49(45-19-8-2-9-20-45)42-59(57)62-60(58)43-52)51-36-31-47(32-37-51)48-21-16-28-56(41-48)63(53-22-10-3-11-23-53,54-24-12-4-13-25-54)55-26-14-5-15-27-55/h1-43H. The molecule has 298 valence electrons. The van der Waals surface area contributed by atoms with Gasteiger partial charge >= 0.3 is 0 Å². The van der Waals surface area contributed by atoms with Gasteiger partial charge in [0.2, 0.25) is 0 Å². The van der Waals surface area contributed by atoms with E-state index in [1.54, 1.807) is 0 Å². The molecule has 0 aliphatic heterocycles. The fourth-order valence-electron chi connectivity index (χ4n) is 9.40. The third-order valence-corrected chi connectivity index (χ3v) is 18.3. The Bertz CT molecular complexity index is 3200. The Morgan fingerprint density at radius 2 is 0.603 bits per heavy atom. The van der Waals surface area contributed by atoms with E-state index in [1.165, 1.54) is 74.3 Å². The minimum absolute atomic E-state index is 1.11. The summed E-state index contributed by atoms with van der Waals surface area (Å²) < 4.78 is 2.57. The summed E-state index contributed by atoms with van der Waals surface area (Å²) in [4.78, 5) is 2.40. The van der Waals surface area contributed by atoms with Crippen molar-refractivity contribution in [3.8, 4) is 33.4 Å². The number of fused-ring (bicyclic) bond motifs is 3. The minimum Gasteiger partial charge on any atom is -0.310 e. The zero-order valence-electron chi connectivity index (χ0n) is 34.7. The van der Waals surface area contributed by atoms with Gasteiger partial charge in [-0.3, -0.25) is 0 Å². The Kier molecular flexibility index (Phi) is 10.2. The molecule has 0 N–H and O–H groups in total. The van der Waals surface area contributed by atoms with Crippen molar-refractivity contribution in [3.63, 3.8) is 0 Å². The molecule has 1 nitrogen and oxygen atoms in total. The van der Waals surface area contributed by atoms with Crippen LogP contribution >= 0.6 is 11.3 Å². The average molecular weight is 838 g/mol. The number of hydrogen-bond donors (Lipinski definition) is 0. The van der Waals surface area contributed by atoms with Gasteiger partial charge in [0.1, 0.15) is 0 Å². The Labute approximate surface area is 374 Å². The molecule has 11 rings (SSSR count). The van der Waals surface area contributed by atoms with Crippen LogP contribution < -0.4 is 25.6 Å². The number of rotatable bonds is 10. The number of thiophene rings is 1. The van der Waals surface area contributed by atoms with Gasteiger partial charge in [-0.15, -0.1) is 11.3 Å². The number of hydrogen-bond acceptors (Lipinski definition) is 2. The molecule has 11 aromatic rings. The van der Waals surface area contributed by atoms with Gasteiger partial charge in [-0.25, -0.2) is 0 Å². The zero-order valence-corrected chi connectivity index (χ0v) is 36.5. The van der Waals surface area contributed by atoms with Crippen molar-refractivity contribution < 1.29 is 0 Å². The Balaban J connectivity index is 1.01. The van der Waals surface area contributed by atoms with Gasteiger partial charge in [0.05, 0.1) is 0 Å². The van der Waals surface area contributed by atoms with Gasteiger partial charge in [-0.1, -0.05) is 218 Å². The van der Waals surface area contributed by atoms with E-state index in [0.717, 1.165) is 17.1 Å². The summed E-state index contributed by atoms with van der Waals surface area (Å²) >= 11 is 1.87.